The van der Waals surface area contributed by atoms with Crippen molar-refractivity contribution in [3.05, 3.63) is 12.2 Å². The second kappa shape index (κ2) is 13.1. The van der Waals surface area contributed by atoms with Gasteiger partial charge in [-0.15, -0.1) is 0 Å². The van der Waals surface area contributed by atoms with Crippen LogP contribution in [0.25, 0.3) is 0 Å². The van der Waals surface area contributed by atoms with Crippen molar-refractivity contribution in [1.29, 1.82) is 0 Å². The predicted octanol–water partition coefficient (Wildman–Crippen LogP) is 0.605. The predicted molar refractivity (Wildman–Crippen MR) is 66.9 cm³/mol. The highest BCUT2D eigenvalue weighted by atomic mass is 16.5. The molecule has 0 aromatic carbocycles. The van der Waals surface area contributed by atoms with Crippen LogP contribution >= 0.6 is 0 Å². The van der Waals surface area contributed by atoms with Crippen molar-refractivity contribution in [3.8, 4) is 0 Å². The van der Waals surface area contributed by atoms with Crippen LogP contribution in [0.3, 0.4) is 0 Å². The highest BCUT2D eigenvalue weighted by Gasteiger charge is 1.99. The smallest absolute Gasteiger partial charge is 0.330 e. The van der Waals surface area contributed by atoms with Gasteiger partial charge in [0, 0.05) is 25.0 Å². The first kappa shape index (κ1) is 19.9. The molecule has 114 valence electrons. The molecule has 2 N–H and O–H groups in total. The number of carbonyl (C=O) groups excluding carboxylic acids is 2. The summed E-state index contributed by atoms with van der Waals surface area (Å²) in [5, 5.41) is 16.3. The van der Waals surface area contributed by atoms with Crippen molar-refractivity contribution in [2.75, 3.05) is 14.2 Å². The fourth-order valence-corrected chi connectivity index (χ4v) is 0.825. The Balaban J connectivity index is 0. The molecule has 8 nitrogen and oxygen atoms in total. The van der Waals surface area contributed by atoms with Crippen molar-refractivity contribution < 1.29 is 38.9 Å². The van der Waals surface area contributed by atoms with E-state index in [9.17, 15) is 19.2 Å². The fourth-order valence-electron chi connectivity index (χ4n) is 0.825. The standard InChI is InChI=1S/C6H8O4.C6H10O4/c1-9-5(7)3-4-6(8)10-2;7-5(8)3-1-2-4-6(9)10/h3-4H,1-2H3;1-4H2,(H,7,8)(H,9,10). The summed E-state index contributed by atoms with van der Waals surface area (Å²) >= 11 is 0. The number of esters is 2. The number of carboxylic acid groups (broad SMARTS) is 2. The zero-order chi connectivity index (χ0) is 16.0. The number of carboxylic acids is 2. The molecule has 20 heavy (non-hydrogen) atoms. The number of hydrogen-bond donors (Lipinski definition) is 2. The van der Waals surface area contributed by atoms with E-state index in [0.29, 0.717) is 12.8 Å². The van der Waals surface area contributed by atoms with Gasteiger partial charge in [-0.2, -0.15) is 0 Å². The number of methoxy groups -OCH3 is 2. The third-order valence-corrected chi connectivity index (χ3v) is 1.79. The monoisotopic (exact) mass is 290 g/mol. The van der Waals surface area contributed by atoms with Gasteiger partial charge >= 0.3 is 23.9 Å². The summed E-state index contributed by atoms with van der Waals surface area (Å²) in [5.74, 6) is -2.90. The summed E-state index contributed by atoms with van der Waals surface area (Å²) in [4.78, 5) is 40.4. The highest BCUT2D eigenvalue weighted by Crippen LogP contribution is 1.98. The van der Waals surface area contributed by atoms with Gasteiger partial charge in [0.15, 0.2) is 0 Å². The van der Waals surface area contributed by atoms with E-state index < -0.39 is 23.9 Å². The molecule has 0 aliphatic rings. The quantitative estimate of drug-likeness (QED) is 0.396. The van der Waals surface area contributed by atoms with Crippen LogP contribution in [0.15, 0.2) is 12.2 Å². The number of carbonyl (C=O) groups is 4. The third-order valence-electron chi connectivity index (χ3n) is 1.79. The van der Waals surface area contributed by atoms with Crippen molar-refractivity contribution in [1.82, 2.24) is 0 Å². The van der Waals surface area contributed by atoms with Gasteiger partial charge in [-0.3, -0.25) is 9.59 Å². The SMILES string of the molecule is COC(=O)C=CC(=O)OC.O=C(O)CCCCC(=O)O. The molecule has 0 spiro atoms. The number of rotatable bonds is 7. The molecule has 0 bridgehead atoms. The molecule has 0 radical (unpaired) electrons. The maximum absolute atomic E-state index is 10.3. The Morgan fingerprint density at radius 2 is 1.10 bits per heavy atom. The van der Waals surface area contributed by atoms with Gasteiger partial charge in [-0.25, -0.2) is 9.59 Å². The Bertz CT molecular complexity index is 324. The first-order chi connectivity index (χ1) is 9.33. The molecule has 0 fully saturated rings. The zero-order valence-electron chi connectivity index (χ0n) is 11.3. The van der Waals surface area contributed by atoms with Crippen LogP contribution in [0.4, 0.5) is 0 Å². The average Bonchev–Trinajstić information content (AvgIpc) is 2.40. The van der Waals surface area contributed by atoms with E-state index in [2.05, 4.69) is 9.47 Å². The number of aliphatic carboxylic acids is 2. The summed E-state index contributed by atoms with van der Waals surface area (Å²) in [6, 6.07) is 0. The van der Waals surface area contributed by atoms with Gasteiger partial charge in [-0.1, -0.05) is 0 Å². The fraction of sp³-hybridized carbons (Fsp3) is 0.500. The molecule has 0 aliphatic carbocycles. The number of hydrogen-bond acceptors (Lipinski definition) is 6. The average molecular weight is 290 g/mol. The third kappa shape index (κ3) is 18.0. The molecule has 0 amide bonds. The van der Waals surface area contributed by atoms with Crippen molar-refractivity contribution >= 4 is 23.9 Å². The van der Waals surface area contributed by atoms with Crippen LogP contribution in [0, 0.1) is 0 Å². The lowest BCUT2D eigenvalue weighted by Crippen LogP contribution is -1.98. The molecule has 0 saturated heterocycles. The largest absolute Gasteiger partial charge is 0.481 e. The van der Waals surface area contributed by atoms with Gasteiger partial charge in [0.25, 0.3) is 0 Å². The van der Waals surface area contributed by atoms with Crippen molar-refractivity contribution in [2.24, 2.45) is 0 Å². The van der Waals surface area contributed by atoms with Crippen LogP contribution < -0.4 is 0 Å². The van der Waals surface area contributed by atoms with Gasteiger partial charge in [-0.05, 0) is 12.8 Å². The first-order valence-corrected chi connectivity index (χ1v) is 5.61. The Morgan fingerprint density at radius 3 is 1.30 bits per heavy atom. The minimum absolute atomic E-state index is 0.0628. The molecule has 0 saturated carbocycles. The lowest BCUT2D eigenvalue weighted by molar-refractivity contribution is -0.139. The second-order valence-electron chi connectivity index (χ2n) is 3.37. The van der Waals surface area contributed by atoms with Crippen molar-refractivity contribution in [2.45, 2.75) is 25.7 Å². The van der Waals surface area contributed by atoms with E-state index in [0.717, 1.165) is 12.2 Å². The van der Waals surface area contributed by atoms with Gasteiger partial charge < -0.3 is 19.7 Å². The maximum atomic E-state index is 10.3. The van der Waals surface area contributed by atoms with E-state index in [-0.39, 0.29) is 12.8 Å². The molecule has 0 rings (SSSR count). The van der Waals surface area contributed by atoms with Gasteiger partial charge in [0.05, 0.1) is 14.2 Å². The van der Waals surface area contributed by atoms with E-state index in [1.807, 2.05) is 0 Å². The lowest BCUT2D eigenvalue weighted by Gasteiger charge is -1.92. The van der Waals surface area contributed by atoms with Crippen LogP contribution in [0.2, 0.25) is 0 Å². The van der Waals surface area contributed by atoms with Crippen LogP contribution in [-0.4, -0.2) is 48.3 Å². The minimum atomic E-state index is -0.870. The normalized spacial score (nSPS) is 9.30. The Hall–Kier alpha value is -2.38. The van der Waals surface area contributed by atoms with Crippen molar-refractivity contribution in [3.63, 3.8) is 0 Å². The van der Waals surface area contributed by atoms with Crippen LogP contribution in [0.5, 0.6) is 0 Å². The molecule has 0 aromatic heterocycles. The summed E-state index contributed by atoms with van der Waals surface area (Å²) < 4.78 is 8.42. The first-order valence-electron chi connectivity index (χ1n) is 5.61. The van der Waals surface area contributed by atoms with E-state index >= 15 is 0 Å². The Labute approximate surface area is 116 Å². The molecule has 0 aliphatic heterocycles. The summed E-state index contributed by atoms with van der Waals surface area (Å²) in [6.45, 7) is 0. The molecular weight excluding hydrogens is 272 g/mol. The summed E-state index contributed by atoms with van der Waals surface area (Å²) in [5.41, 5.74) is 0. The van der Waals surface area contributed by atoms with Gasteiger partial charge in [0.2, 0.25) is 0 Å². The Morgan fingerprint density at radius 1 is 0.800 bits per heavy atom. The van der Waals surface area contributed by atoms with E-state index in [1.165, 1.54) is 14.2 Å². The van der Waals surface area contributed by atoms with E-state index in [1.54, 1.807) is 0 Å². The molecule has 0 unspecified atom stereocenters. The number of ether oxygens (including phenoxy) is 2. The molecule has 0 heterocycles. The number of unbranched alkanes of at least 4 members (excludes halogenated alkanes) is 1. The molecule has 0 atom stereocenters. The van der Waals surface area contributed by atoms with Crippen LogP contribution in [0.1, 0.15) is 25.7 Å². The Kier molecular flexibility index (Phi) is 13.0. The molecule has 8 heteroatoms. The lowest BCUT2D eigenvalue weighted by atomic mass is 10.2. The minimum Gasteiger partial charge on any atom is -0.481 e. The molecular formula is C12H18O8. The maximum Gasteiger partial charge on any atom is 0.330 e. The zero-order valence-corrected chi connectivity index (χ0v) is 11.3. The summed E-state index contributed by atoms with van der Waals surface area (Å²) in [7, 11) is 2.45. The second-order valence-corrected chi connectivity index (χ2v) is 3.37. The topological polar surface area (TPSA) is 127 Å². The highest BCUT2D eigenvalue weighted by molar-refractivity contribution is 5.91. The molecule has 0 aromatic rings. The summed E-state index contributed by atoms with van der Waals surface area (Å²) in [6.07, 6.45) is 3.00. The van der Waals surface area contributed by atoms with Crippen LogP contribution in [-0.2, 0) is 28.7 Å². The van der Waals surface area contributed by atoms with Gasteiger partial charge in [0.1, 0.15) is 0 Å². The van der Waals surface area contributed by atoms with E-state index in [4.69, 9.17) is 10.2 Å².